The first-order valence-electron chi connectivity index (χ1n) is 11.3. The van der Waals surface area contributed by atoms with Crippen molar-refractivity contribution >= 4 is 57.9 Å². The lowest BCUT2D eigenvalue weighted by atomic mass is 10.0. The van der Waals surface area contributed by atoms with Gasteiger partial charge in [-0.1, -0.05) is 35.5 Å². The molecule has 2 aliphatic rings. The Morgan fingerprint density at radius 2 is 1.97 bits per heavy atom. The molecule has 2 amide bonds. The molecule has 3 atom stereocenters. The molecule has 2 unspecified atom stereocenters. The number of aromatic nitrogens is 2. The highest BCUT2D eigenvalue weighted by atomic mass is 32.2. The van der Waals surface area contributed by atoms with Gasteiger partial charge in [0, 0.05) is 22.8 Å². The number of hydrogen-bond donors (Lipinski definition) is 3. The lowest BCUT2D eigenvalue weighted by Gasteiger charge is -2.48. The van der Waals surface area contributed by atoms with Gasteiger partial charge in [0.25, 0.3) is 11.8 Å². The van der Waals surface area contributed by atoms with Crippen molar-refractivity contribution in [2.75, 3.05) is 11.5 Å². The van der Waals surface area contributed by atoms with E-state index in [4.69, 9.17) is 15.3 Å². The van der Waals surface area contributed by atoms with E-state index in [1.54, 1.807) is 51.1 Å². The lowest BCUT2D eigenvalue weighted by molar-refractivity contribution is -0.169. The van der Waals surface area contributed by atoms with Crippen LogP contribution < -0.4 is 11.1 Å². The molecule has 3 heterocycles. The normalized spacial score (nSPS) is 20.0. The third kappa shape index (κ3) is 5.78. The van der Waals surface area contributed by atoms with E-state index in [1.165, 1.54) is 17.8 Å². The molecule has 13 nitrogen and oxygen atoms in total. The van der Waals surface area contributed by atoms with Gasteiger partial charge in [-0.15, -0.1) is 11.8 Å². The van der Waals surface area contributed by atoms with Crippen LogP contribution in [0.4, 0.5) is 5.13 Å². The molecule has 0 radical (unpaired) electrons. The summed E-state index contributed by atoms with van der Waals surface area (Å²) in [5, 5.41) is 15.3. The molecule has 0 saturated carbocycles. The van der Waals surface area contributed by atoms with E-state index in [1.807, 2.05) is 0 Å². The lowest BCUT2D eigenvalue weighted by Crippen LogP contribution is -2.70. The number of anilines is 1. The number of nitrogen functional groups attached to an aromatic ring is 1. The number of aliphatic carboxylic acids is 1. The van der Waals surface area contributed by atoms with Crippen LogP contribution in [0.25, 0.3) is 0 Å². The van der Waals surface area contributed by atoms with E-state index < -0.39 is 52.6 Å². The van der Waals surface area contributed by atoms with Crippen LogP contribution in [0.1, 0.15) is 38.3 Å². The number of nitrogens with zero attached hydrogens (tertiary/aromatic N) is 4. The van der Waals surface area contributed by atoms with Gasteiger partial charge < -0.3 is 25.7 Å². The number of ether oxygens (including phenoxy) is 1. The number of carboxylic acids is 1. The highest BCUT2D eigenvalue weighted by Gasteiger charge is 2.53. The van der Waals surface area contributed by atoms with E-state index in [-0.39, 0.29) is 16.7 Å². The highest BCUT2D eigenvalue weighted by molar-refractivity contribution is 8.00. The first-order chi connectivity index (χ1) is 18.0. The summed E-state index contributed by atoms with van der Waals surface area (Å²) in [6.07, 6.45) is 0.106. The summed E-state index contributed by atoms with van der Waals surface area (Å²) in [4.78, 5) is 61.0. The number of carbonyl (C=O) groups excluding carboxylic acids is 3. The van der Waals surface area contributed by atoms with Crippen molar-refractivity contribution in [3.8, 4) is 0 Å². The third-order valence-corrected chi connectivity index (χ3v) is 6.92. The Labute approximate surface area is 225 Å². The first-order valence-corrected chi connectivity index (χ1v) is 13.1. The smallest absolute Gasteiger partial charge is 0.355 e. The second kappa shape index (κ2) is 10.8. The number of oxime groups is 1. The second-order valence-corrected chi connectivity index (χ2v) is 11.0. The summed E-state index contributed by atoms with van der Waals surface area (Å²) in [6.45, 7) is 5.10. The van der Waals surface area contributed by atoms with Crippen LogP contribution in [0.3, 0.4) is 0 Å². The highest BCUT2D eigenvalue weighted by Crippen LogP contribution is 2.37. The Kier molecular flexibility index (Phi) is 7.68. The Morgan fingerprint density at radius 3 is 2.58 bits per heavy atom. The van der Waals surface area contributed by atoms with Gasteiger partial charge in [-0.2, -0.15) is 9.36 Å². The van der Waals surface area contributed by atoms with Crippen LogP contribution in [-0.4, -0.2) is 71.6 Å². The summed E-state index contributed by atoms with van der Waals surface area (Å²) in [5.74, 6) is -3.26. The van der Waals surface area contributed by atoms with Crippen LogP contribution in [0.15, 0.2) is 47.3 Å². The molecule has 2 aliphatic heterocycles. The average molecular weight is 561 g/mol. The quantitative estimate of drug-likeness (QED) is 0.183. The van der Waals surface area contributed by atoms with Gasteiger partial charge in [0.2, 0.25) is 17.6 Å². The SMILES string of the molecule is CC(C)(C)OC(=O)C(ON=C(C(=O)NC1C(=O)N2C(C(=O)O)=CCS[C@@H]12)c1nsc(N)n1)c1ccccc1. The maximum absolute atomic E-state index is 13.3. The van der Waals surface area contributed by atoms with E-state index in [2.05, 4.69) is 19.8 Å². The molecule has 2 aromatic rings. The summed E-state index contributed by atoms with van der Waals surface area (Å²) >= 11 is 2.11. The zero-order valence-electron chi connectivity index (χ0n) is 20.5. The monoisotopic (exact) mass is 560 g/mol. The Bertz CT molecular complexity index is 1320. The zero-order valence-corrected chi connectivity index (χ0v) is 22.1. The standard InChI is InChI=1S/C23H24N6O7S2/c1-23(2,3)35-21(34)15(11-7-5-4-6-8-11)36-27-13(16-26-22(24)38-28-16)17(30)25-14-18(31)29-12(20(32)33)9-10-37-19(14)29/h4-9,14-15,19H,10H2,1-3H3,(H,25,30)(H,32,33)(H2,24,26,28)/t14?,15?,19-/m0/s1. The number of rotatable bonds is 8. The van der Waals surface area contributed by atoms with E-state index >= 15 is 0 Å². The molecule has 0 spiro atoms. The number of hydrogen-bond acceptors (Lipinski definition) is 12. The van der Waals surface area contributed by atoms with Gasteiger partial charge in [-0.05, 0) is 26.8 Å². The fourth-order valence-corrected chi connectivity index (χ4v) is 5.22. The molecule has 1 fully saturated rings. The number of nitrogens with two attached hydrogens (primary N) is 1. The van der Waals surface area contributed by atoms with Crippen LogP contribution >= 0.6 is 23.3 Å². The maximum Gasteiger partial charge on any atom is 0.355 e. The van der Waals surface area contributed by atoms with Gasteiger partial charge in [-0.25, -0.2) is 9.59 Å². The van der Waals surface area contributed by atoms with Crippen molar-refractivity contribution in [3.05, 3.63) is 53.5 Å². The molecule has 1 saturated heterocycles. The Morgan fingerprint density at radius 1 is 1.26 bits per heavy atom. The minimum absolute atomic E-state index is 0.0530. The number of thioether (sulfide) groups is 1. The molecule has 0 aliphatic carbocycles. The van der Waals surface area contributed by atoms with Crippen molar-refractivity contribution < 1.29 is 33.9 Å². The van der Waals surface area contributed by atoms with Crippen molar-refractivity contribution in [3.63, 3.8) is 0 Å². The van der Waals surface area contributed by atoms with E-state index in [0.29, 0.717) is 11.3 Å². The summed E-state index contributed by atoms with van der Waals surface area (Å²) in [6, 6.07) is 7.41. The number of benzene rings is 1. The van der Waals surface area contributed by atoms with E-state index in [0.717, 1.165) is 16.4 Å². The van der Waals surface area contributed by atoms with Gasteiger partial charge in [0.15, 0.2) is 5.13 Å². The van der Waals surface area contributed by atoms with Gasteiger partial charge in [0.1, 0.15) is 22.7 Å². The molecule has 200 valence electrons. The third-order valence-electron chi connectivity index (χ3n) is 5.19. The van der Waals surface area contributed by atoms with Crippen LogP contribution in [0.5, 0.6) is 0 Å². The minimum atomic E-state index is -1.33. The Hall–Kier alpha value is -3.98. The average Bonchev–Trinajstić information content (AvgIpc) is 3.29. The van der Waals surface area contributed by atoms with Gasteiger partial charge >= 0.3 is 11.9 Å². The van der Waals surface area contributed by atoms with E-state index in [9.17, 15) is 24.3 Å². The van der Waals surface area contributed by atoms with Crippen LogP contribution in [0.2, 0.25) is 0 Å². The number of carboxylic acid groups (broad SMARTS) is 1. The molecule has 0 bridgehead atoms. The fraction of sp³-hybridized carbons (Fsp3) is 0.348. The minimum Gasteiger partial charge on any atom is -0.477 e. The Balaban J connectivity index is 1.59. The number of carbonyl (C=O) groups is 4. The second-order valence-electron chi connectivity index (χ2n) is 9.10. The number of fused-ring (bicyclic) bond motifs is 1. The van der Waals surface area contributed by atoms with Gasteiger partial charge in [-0.3, -0.25) is 14.5 Å². The summed E-state index contributed by atoms with van der Waals surface area (Å²) in [5.41, 5.74) is 4.73. The molecule has 4 rings (SSSR count). The predicted molar refractivity (Wildman–Crippen MR) is 138 cm³/mol. The molecular formula is C23H24N6O7S2. The molecule has 4 N–H and O–H groups in total. The number of nitrogens with one attached hydrogen (secondary N) is 1. The molecule has 1 aromatic heterocycles. The largest absolute Gasteiger partial charge is 0.477 e. The molecule has 1 aromatic carbocycles. The molecule has 38 heavy (non-hydrogen) atoms. The molecular weight excluding hydrogens is 536 g/mol. The summed E-state index contributed by atoms with van der Waals surface area (Å²) < 4.78 is 9.47. The zero-order chi connectivity index (χ0) is 27.6. The number of β-lactam (4-membered cyclic amide) rings is 1. The van der Waals surface area contributed by atoms with Crippen molar-refractivity contribution in [1.29, 1.82) is 0 Å². The molecule has 15 heteroatoms. The summed E-state index contributed by atoms with van der Waals surface area (Å²) in [7, 11) is 0. The van der Waals surface area contributed by atoms with Crippen LogP contribution in [-0.2, 0) is 28.8 Å². The van der Waals surface area contributed by atoms with Gasteiger partial charge in [0.05, 0.1) is 0 Å². The topological polar surface area (TPSA) is 186 Å². The predicted octanol–water partition coefficient (Wildman–Crippen LogP) is 1.29. The number of esters is 1. The van der Waals surface area contributed by atoms with Crippen molar-refractivity contribution in [1.82, 2.24) is 19.6 Å². The van der Waals surface area contributed by atoms with Crippen LogP contribution in [0, 0.1) is 0 Å². The van der Waals surface area contributed by atoms with Crippen molar-refractivity contribution in [2.45, 2.75) is 43.9 Å². The first kappa shape index (κ1) is 27.1. The fourth-order valence-electron chi connectivity index (χ4n) is 3.59. The van der Waals surface area contributed by atoms with Crippen molar-refractivity contribution in [2.24, 2.45) is 5.16 Å². The number of amides is 2. The maximum atomic E-state index is 13.3.